The fraction of sp³-hybridized carbons (Fsp3) is 0.222. The Morgan fingerprint density at radius 2 is 1.85 bits per heavy atom. The number of carbonyl (C=O) groups is 2. The van der Waals surface area contributed by atoms with E-state index in [-0.39, 0.29) is 18.7 Å². The van der Waals surface area contributed by atoms with E-state index in [1.807, 2.05) is 0 Å². The van der Waals surface area contributed by atoms with Gasteiger partial charge in [-0.3, -0.25) is 9.59 Å². The van der Waals surface area contributed by atoms with E-state index in [0.717, 1.165) is 17.0 Å². The Labute approximate surface area is 157 Å². The average Bonchev–Trinajstić information content (AvgIpc) is 2.55. The van der Waals surface area contributed by atoms with Crippen LogP contribution in [-0.2, 0) is 22.2 Å². The van der Waals surface area contributed by atoms with Crippen LogP contribution in [0.4, 0.5) is 23.2 Å². The molecule has 0 heterocycles. The molecule has 2 aromatic carbocycles. The summed E-state index contributed by atoms with van der Waals surface area (Å²) in [5.74, 6) is -1.60. The highest BCUT2D eigenvalue weighted by Gasteiger charge is 2.33. The lowest BCUT2D eigenvalue weighted by Gasteiger charge is -2.17. The number of hydrogen-bond donors (Lipinski definition) is 1. The summed E-state index contributed by atoms with van der Waals surface area (Å²) in [4.78, 5) is 25.2. The molecule has 0 saturated heterocycles. The molecule has 0 radical (unpaired) electrons. The summed E-state index contributed by atoms with van der Waals surface area (Å²) < 4.78 is 51.7. The number of hydrogen-bond acceptors (Lipinski definition) is 2. The summed E-state index contributed by atoms with van der Waals surface area (Å²) in [6.45, 7) is -0.377. The number of amides is 2. The van der Waals surface area contributed by atoms with E-state index in [4.69, 9.17) is 11.6 Å². The van der Waals surface area contributed by atoms with Crippen molar-refractivity contribution in [3.63, 3.8) is 0 Å². The second kappa shape index (κ2) is 8.39. The molecule has 0 fully saturated rings. The fourth-order valence-electron chi connectivity index (χ4n) is 2.28. The Morgan fingerprint density at radius 3 is 2.48 bits per heavy atom. The minimum Gasteiger partial charge on any atom is -0.336 e. The van der Waals surface area contributed by atoms with Crippen LogP contribution < -0.4 is 5.32 Å². The summed E-state index contributed by atoms with van der Waals surface area (Å²) in [7, 11) is 1.37. The number of carbonyl (C=O) groups excluding carboxylic acids is 2. The summed E-state index contributed by atoms with van der Waals surface area (Å²) in [6, 6.07) is 8.45. The predicted octanol–water partition coefficient (Wildman–Crippen LogP) is 4.14. The smallest absolute Gasteiger partial charge is 0.336 e. The number of halogens is 5. The number of benzene rings is 2. The maximum absolute atomic E-state index is 13.1. The van der Waals surface area contributed by atoms with Crippen molar-refractivity contribution in [3.05, 3.63) is 64.4 Å². The van der Waals surface area contributed by atoms with Gasteiger partial charge in [-0.05, 0) is 35.9 Å². The second-order valence-corrected chi connectivity index (χ2v) is 6.20. The molecule has 0 bridgehead atoms. The van der Waals surface area contributed by atoms with Crippen molar-refractivity contribution >= 4 is 29.1 Å². The molecular formula is C18H15ClF4N2O2. The lowest BCUT2D eigenvalue weighted by Crippen LogP contribution is -2.35. The molecular weight excluding hydrogens is 388 g/mol. The van der Waals surface area contributed by atoms with Crippen LogP contribution in [0.3, 0.4) is 0 Å². The third-order valence-corrected chi connectivity index (χ3v) is 3.94. The number of nitrogens with one attached hydrogen (secondary N) is 1. The van der Waals surface area contributed by atoms with Crippen molar-refractivity contribution in [2.75, 3.05) is 18.9 Å². The molecule has 2 aromatic rings. The SMILES string of the molecule is CN(CC(=O)Nc1ccc(Cl)c(C(F)(F)F)c1)C(=O)Cc1cccc(F)c1. The van der Waals surface area contributed by atoms with Crippen LogP contribution >= 0.6 is 11.6 Å². The predicted molar refractivity (Wildman–Crippen MR) is 92.8 cm³/mol. The van der Waals surface area contributed by atoms with E-state index in [1.165, 1.54) is 31.3 Å². The Bertz CT molecular complexity index is 855. The van der Waals surface area contributed by atoms with Gasteiger partial charge in [-0.2, -0.15) is 13.2 Å². The van der Waals surface area contributed by atoms with Gasteiger partial charge in [0.1, 0.15) is 5.82 Å². The van der Waals surface area contributed by atoms with Gasteiger partial charge in [0.05, 0.1) is 23.6 Å². The molecule has 2 amide bonds. The highest BCUT2D eigenvalue weighted by molar-refractivity contribution is 6.31. The lowest BCUT2D eigenvalue weighted by atomic mass is 10.1. The fourth-order valence-corrected chi connectivity index (χ4v) is 2.51. The summed E-state index contributed by atoms with van der Waals surface area (Å²) in [5, 5.41) is 1.81. The van der Waals surface area contributed by atoms with Gasteiger partial charge in [0, 0.05) is 12.7 Å². The lowest BCUT2D eigenvalue weighted by molar-refractivity contribution is -0.137. The molecule has 2 rings (SSSR count). The van der Waals surface area contributed by atoms with Gasteiger partial charge in [0.25, 0.3) is 0 Å². The number of alkyl halides is 3. The second-order valence-electron chi connectivity index (χ2n) is 5.80. The van der Waals surface area contributed by atoms with Crippen molar-refractivity contribution in [2.24, 2.45) is 0 Å². The first-order valence-electron chi connectivity index (χ1n) is 7.71. The van der Waals surface area contributed by atoms with Crippen LogP contribution in [0, 0.1) is 5.82 Å². The molecule has 4 nitrogen and oxygen atoms in total. The highest BCUT2D eigenvalue weighted by Crippen LogP contribution is 2.36. The van der Waals surface area contributed by atoms with Crippen LogP contribution in [0.5, 0.6) is 0 Å². The largest absolute Gasteiger partial charge is 0.417 e. The van der Waals surface area contributed by atoms with Gasteiger partial charge in [-0.25, -0.2) is 4.39 Å². The number of nitrogens with zero attached hydrogens (tertiary/aromatic N) is 1. The molecule has 0 unspecified atom stereocenters. The Balaban J connectivity index is 1.98. The zero-order valence-electron chi connectivity index (χ0n) is 14.1. The Morgan fingerprint density at radius 1 is 1.15 bits per heavy atom. The highest BCUT2D eigenvalue weighted by atomic mass is 35.5. The van der Waals surface area contributed by atoms with E-state index >= 15 is 0 Å². The molecule has 144 valence electrons. The van der Waals surface area contributed by atoms with E-state index in [0.29, 0.717) is 5.56 Å². The molecule has 0 saturated carbocycles. The topological polar surface area (TPSA) is 49.4 Å². The molecule has 0 aliphatic rings. The average molecular weight is 403 g/mol. The molecule has 0 aliphatic heterocycles. The van der Waals surface area contributed by atoms with Crippen molar-refractivity contribution in [1.29, 1.82) is 0 Å². The van der Waals surface area contributed by atoms with Crippen molar-refractivity contribution in [2.45, 2.75) is 12.6 Å². The van der Waals surface area contributed by atoms with Crippen LogP contribution in [0.25, 0.3) is 0 Å². The van der Waals surface area contributed by atoms with Crippen LogP contribution in [0.2, 0.25) is 5.02 Å². The zero-order chi connectivity index (χ0) is 20.2. The quantitative estimate of drug-likeness (QED) is 0.764. The van der Waals surface area contributed by atoms with Gasteiger partial charge in [-0.15, -0.1) is 0 Å². The van der Waals surface area contributed by atoms with Gasteiger partial charge in [0.2, 0.25) is 11.8 Å². The Hall–Kier alpha value is -2.61. The van der Waals surface area contributed by atoms with E-state index in [1.54, 1.807) is 6.07 Å². The normalized spacial score (nSPS) is 11.2. The molecule has 27 heavy (non-hydrogen) atoms. The first-order chi connectivity index (χ1) is 12.6. The minimum atomic E-state index is -4.66. The van der Waals surface area contributed by atoms with Gasteiger partial charge in [0.15, 0.2) is 0 Å². The standard InChI is InChI=1S/C18H15ClF4N2O2/c1-25(17(27)8-11-3-2-4-12(20)7-11)10-16(26)24-13-5-6-15(19)14(9-13)18(21,22)23/h2-7,9H,8,10H2,1H3,(H,24,26). The molecule has 1 N–H and O–H groups in total. The van der Waals surface area contributed by atoms with Crippen molar-refractivity contribution in [3.8, 4) is 0 Å². The monoisotopic (exact) mass is 402 g/mol. The van der Waals surface area contributed by atoms with Crippen LogP contribution in [0.1, 0.15) is 11.1 Å². The third kappa shape index (κ3) is 5.96. The maximum Gasteiger partial charge on any atom is 0.417 e. The van der Waals surface area contributed by atoms with Crippen molar-refractivity contribution in [1.82, 2.24) is 4.90 Å². The van der Waals surface area contributed by atoms with Gasteiger partial charge < -0.3 is 10.2 Å². The van der Waals surface area contributed by atoms with Gasteiger partial charge in [-0.1, -0.05) is 23.7 Å². The molecule has 0 aliphatic carbocycles. The summed E-state index contributed by atoms with van der Waals surface area (Å²) >= 11 is 5.52. The minimum absolute atomic E-state index is 0.0947. The summed E-state index contributed by atoms with van der Waals surface area (Å²) in [6.07, 6.45) is -4.77. The molecule has 0 atom stereocenters. The maximum atomic E-state index is 13.1. The first kappa shape index (κ1) is 20.7. The van der Waals surface area contributed by atoms with E-state index in [9.17, 15) is 27.2 Å². The Kier molecular flexibility index (Phi) is 6.43. The number of rotatable bonds is 5. The van der Waals surface area contributed by atoms with Crippen molar-refractivity contribution < 1.29 is 27.2 Å². The van der Waals surface area contributed by atoms with Crippen LogP contribution in [-0.4, -0.2) is 30.3 Å². The number of anilines is 1. The van der Waals surface area contributed by atoms with Crippen LogP contribution in [0.15, 0.2) is 42.5 Å². The molecule has 0 aromatic heterocycles. The molecule has 0 spiro atoms. The zero-order valence-corrected chi connectivity index (χ0v) is 14.9. The first-order valence-corrected chi connectivity index (χ1v) is 8.09. The summed E-state index contributed by atoms with van der Waals surface area (Å²) in [5.41, 5.74) is -0.722. The van der Waals surface area contributed by atoms with E-state index in [2.05, 4.69) is 5.32 Å². The number of likely N-dealkylation sites (N-methyl/N-ethyl adjacent to an activating group) is 1. The van der Waals surface area contributed by atoms with E-state index < -0.39 is 34.4 Å². The van der Waals surface area contributed by atoms with Gasteiger partial charge >= 0.3 is 6.18 Å². The third-order valence-electron chi connectivity index (χ3n) is 3.61. The molecule has 9 heteroatoms.